The highest BCUT2D eigenvalue weighted by atomic mass is 16.5. The Morgan fingerprint density at radius 2 is 2.25 bits per heavy atom. The van der Waals surface area contributed by atoms with Crippen molar-refractivity contribution in [3.63, 3.8) is 0 Å². The van der Waals surface area contributed by atoms with Crippen molar-refractivity contribution < 1.29 is 9.15 Å². The zero-order valence-electron chi connectivity index (χ0n) is 13.5. The third-order valence-electron chi connectivity index (χ3n) is 4.19. The van der Waals surface area contributed by atoms with Crippen molar-refractivity contribution in [3.05, 3.63) is 48.6 Å². The lowest BCUT2D eigenvalue weighted by Gasteiger charge is -2.22. The Labute approximate surface area is 140 Å². The molecule has 0 saturated carbocycles. The van der Waals surface area contributed by atoms with Crippen LogP contribution in [0.5, 0.6) is 0 Å². The van der Waals surface area contributed by atoms with E-state index >= 15 is 0 Å². The van der Waals surface area contributed by atoms with Crippen LogP contribution in [0.3, 0.4) is 0 Å². The Hall–Kier alpha value is -2.38. The molecule has 1 saturated heterocycles. The van der Waals surface area contributed by atoms with Gasteiger partial charge in [-0.3, -0.25) is 14.7 Å². The van der Waals surface area contributed by atoms with Gasteiger partial charge < -0.3 is 9.15 Å². The fraction of sp³-hybridized carbons (Fsp3) is 0.412. The van der Waals surface area contributed by atoms with Gasteiger partial charge in [-0.1, -0.05) is 0 Å². The topological polar surface area (TPSA) is 72.1 Å². The Morgan fingerprint density at radius 3 is 3.08 bits per heavy atom. The van der Waals surface area contributed by atoms with Gasteiger partial charge in [0.15, 0.2) is 5.76 Å². The molecule has 0 bridgehead atoms. The third-order valence-corrected chi connectivity index (χ3v) is 4.19. The summed E-state index contributed by atoms with van der Waals surface area (Å²) in [5, 5.41) is 11.2. The largest absolute Gasteiger partial charge is 0.458 e. The number of nitrogens with one attached hydrogen (secondary N) is 1. The van der Waals surface area contributed by atoms with E-state index in [4.69, 9.17) is 9.15 Å². The van der Waals surface area contributed by atoms with E-state index < -0.39 is 0 Å². The Bertz CT molecular complexity index is 735. The van der Waals surface area contributed by atoms with Gasteiger partial charge >= 0.3 is 0 Å². The number of rotatable bonds is 5. The Kier molecular flexibility index (Phi) is 4.44. The van der Waals surface area contributed by atoms with Crippen molar-refractivity contribution in [2.24, 2.45) is 0 Å². The lowest BCUT2D eigenvalue weighted by atomic mass is 10.3. The molecule has 7 nitrogen and oxygen atoms in total. The molecule has 1 fully saturated rings. The van der Waals surface area contributed by atoms with E-state index in [9.17, 15) is 0 Å². The molecule has 4 rings (SSSR count). The van der Waals surface area contributed by atoms with Crippen LogP contribution >= 0.6 is 0 Å². The monoisotopic (exact) mass is 327 g/mol. The summed E-state index contributed by atoms with van der Waals surface area (Å²) in [6.45, 7) is 4.24. The summed E-state index contributed by atoms with van der Waals surface area (Å²) >= 11 is 0. The van der Waals surface area contributed by atoms with Gasteiger partial charge in [-0.2, -0.15) is 10.2 Å². The molecule has 1 aliphatic rings. The lowest BCUT2D eigenvalue weighted by Crippen LogP contribution is -2.34. The molecular weight excluding hydrogens is 306 g/mol. The van der Waals surface area contributed by atoms with E-state index in [1.54, 1.807) is 12.4 Å². The number of aromatic amines is 1. The Balaban J connectivity index is 1.39. The first-order chi connectivity index (χ1) is 11.9. The third kappa shape index (κ3) is 3.58. The van der Waals surface area contributed by atoms with Crippen molar-refractivity contribution in [3.8, 4) is 11.5 Å². The molecule has 126 valence electrons. The van der Waals surface area contributed by atoms with E-state index in [2.05, 4.69) is 20.2 Å². The maximum atomic E-state index is 5.96. The highest BCUT2D eigenvalue weighted by Gasteiger charge is 2.20. The highest BCUT2D eigenvalue weighted by Crippen LogP contribution is 2.21. The van der Waals surface area contributed by atoms with Crippen LogP contribution in [-0.2, 0) is 17.8 Å². The van der Waals surface area contributed by atoms with Crippen LogP contribution in [0.1, 0.15) is 12.2 Å². The number of furan rings is 1. The van der Waals surface area contributed by atoms with Gasteiger partial charge in [0.2, 0.25) is 0 Å². The van der Waals surface area contributed by atoms with Gasteiger partial charge in [0.05, 0.1) is 19.2 Å². The summed E-state index contributed by atoms with van der Waals surface area (Å²) in [6, 6.07) is 7.86. The van der Waals surface area contributed by atoms with Crippen LogP contribution in [0.4, 0.5) is 0 Å². The maximum absolute atomic E-state index is 5.96. The normalized spacial score (nSPS) is 19.4. The first kappa shape index (κ1) is 15.2. The minimum absolute atomic E-state index is 0.148. The molecule has 3 aromatic heterocycles. The van der Waals surface area contributed by atoms with E-state index in [0.717, 1.165) is 56.4 Å². The minimum atomic E-state index is 0.148. The molecule has 1 N–H and O–H groups in total. The van der Waals surface area contributed by atoms with Gasteiger partial charge in [0.25, 0.3) is 0 Å². The summed E-state index contributed by atoms with van der Waals surface area (Å²) in [4.78, 5) is 2.39. The molecule has 3 aromatic rings. The average Bonchev–Trinajstić information content (AvgIpc) is 3.30. The van der Waals surface area contributed by atoms with Crippen molar-refractivity contribution in [2.45, 2.75) is 25.6 Å². The molecule has 0 spiro atoms. The number of nitrogens with zero attached hydrogens (tertiary/aromatic N) is 4. The van der Waals surface area contributed by atoms with Crippen LogP contribution in [0, 0.1) is 0 Å². The molecule has 0 radical (unpaired) electrons. The van der Waals surface area contributed by atoms with E-state index in [-0.39, 0.29) is 6.10 Å². The number of H-pyrrole nitrogens is 1. The minimum Gasteiger partial charge on any atom is -0.458 e. The standard InChI is InChI=1S/C17H21N5O2/c1-6-19-22(9-1)13-15-12-21(8-2-10-23-15)11-14-3-4-17(24-14)16-5-7-18-20-16/h1,3-7,9,15H,2,8,10-13H2,(H,18,20). The number of hydrogen-bond donors (Lipinski definition) is 1. The predicted molar refractivity (Wildman–Crippen MR) is 88.2 cm³/mol. The van der Waals surface area contributed by atoms with Crippen LogP contribution in [0.2, 0.25) is 0 Å². The summed E-state index contributed by atoms with van der Waals surface area (Å²) in [6.07, 6.45) is 6.68. The second kappa shape index (κ2) is 7.02. The van der Waals surface area contributed by atoms with Crippen LogP contribution < -0.4 is 0 Å². The lowest BCUT2D eigenvalue weighted by molar-refractivity contribution is 0.0384. The average molecular weight is 327 g/mol. The van der Waals surface area contributed by atoms with E-state index in [0.29, 0.717) is 0 Å². The predicted octanol–water partition coefficient (Wildman–Crippen LogP) is 2.16. The van der Waals surface area contributed by atoms with Gasteiger partial charge in [0, 0.05) is 38.3 Å². The molecule has 4 heterocycles. The SMILES string of the molecule is c1cnn(CC2CN(Cc3ccc(-c4ccn[nH]4)o3)CCCO2)c1. The first-order valence-corrected chi connectivity index (χ1v) is 8.27. The van der Waals surface area contributed by atoms with E-state index in [1.807, 2.05) is 35.1 Å². The van der Waals surface area contributed by atoms with Gasteiger partial charge in [-0.15, -0.1) is 0 Å². The first-order valence-electron chi connectivity index (χ1n) is 8.27. The van der Waals surface area contributed by atoms with Crippen LogP contribution in [0.25, 0.3) is 11.5 Å². The molecule has 0 aliphatic carbocycles. The van der Waals surface area contributed by atoms with Gasteiger partial charge in [-0.05, 0) is 30.7 Å². The zero-order valence-corrected chi connectivity index (χ0v) is 13.5. The summed E-state index contributed by atoms with van der Waals surface area (Å²) in [5.74, 6) is 1.78. The maximum Gasteiger partial charge on any atom is 0.152 e. The quantitative estimate of drug-likeness (QED) is 0.777. The molecule has 0 aromatic carbocycles. The Morgan fingerprint density at radius 1 is 1.25 bits per heavy atom. The van der Waals surface area contributed by atoms with Crippen molar-refractivity contribution >= 4 is 0 Å². The summed E-state index contributed by atoms with van der Waals surface area (Å²) < 4.78 is 13.8. The van der Waals surface area contributed by atoms with Crippen molar-refractivity contribution in [1.29, 1.82) is 0 Å². The smallest absolute Gasteiger partial charge is 0.152 e. The fourth-order valence-electron chi connectivity index (χ4n) is 3.06. The van der Waals surface area contributed by atoms with E-state index in [1.165, 1.54) is 0 Å². The number of ether oxygens (including phenoxy) is 1. The molecular formula is C17H21N5O2. The molecule has 7 heteroatoms. The molecule has 0 amide bonds. The number of hydrogen-bond acceptors (Lipinski definition) is 5. The molecule has 24 heavy (non-hydrogen) atoms. The second-order valence-corrected chi connectivity index (χ2v) is 6.05. The fourth-order valence-corrected chi connectivity index (χ4v) is 3.06. The van der Waals surface area contributed by atoms with Gasteiger partial charge in [-0.25, -0.2) is 0 Å². The highest BCUT2D eigenvalue weighted by molar-refractivity contribution is 5.51. The second-order valence-electron chi connectivity index (χ2n) is 6.05. The zero-order chi connectivity index (χ0) is 16.2. The number of aromatic nitrogens is 4. The summed E-state index contributed by atoms with van der Waals surface area (Å²) in [5.41, 5.74) is 0.900. The molecule has 1 aliphatic heterocycles. The summed E-state index contributed by atoms with van der Waals surface area (Å²) in [7, 11) is 0. The molecule has 1 atom stereocenters. The van der Waals surface area contributed by atoms with Crippen LogP contribution in [0.15, 0.2) is 47.3 Å². The molecule has 1 unspecified atom stereocenters. The van der Waals surface area contributed by atoms with Crippen LogP contribution in [-0.4, -0.2) is 50.7 Å². The van der Waals surface area contributed by atoms with Gasteiger partial charge in [0.1, 0.15) is 11.5 Å². The van der Waals surface area contributed by atoms with Crippen molar-refractivity contribution in [2.75, 3.05) is 19.7 Å². The van der Waals surface area contributed by atoms with Crippen molar-refractivity contribution in [1.82, 2.24) is 24.9 Å².